The van der Waals surface area contributed by atoms with Crippen molar-refractivity contribution < 1.29 is 29.2 Å². The Morgan fingerprint density at radius 3 is 2.36 bits per heavy atom. The van der Waals surface area contributed by atoms with Gasteiger partial charge in [0.05, 0.1) is 14.2 Å². The molecule has 2 N–H and O–H groups in total. The number of fused-ring (bicyclic) bond motifs is 2. The maximum atomic E-state index is 11.9. The Kier molecular flexibility index (Phi) is 4.43. The number of hydrogen-bond acceptors (Lipinski definition) is 7. The second-order valence-corrected chi connectivity index (χ2v) is 7.93. The molecule has 0 aromatic heterocycles. The number of aromatic hydroxyl groups is 1. The van der Waals surface area contributed by atoms with Crippen LogP contribution >= 0.6 is 0 Å². The molecule has 28 heavy (non-hydrogen) atoms. The minimum atomic E-state index is -1.46. The number of hydrogen-bond donors (Lipinski definition) is 2. The van der Waals surface area contributed by atoms with Crippen LogP contribution in [-0.2, 0) is 26.0 Å². The molecule has 0 saturated carbocycles. The number of phenolic OH excluding ortho intramolecular Hbond substituents is 1. The lowest BCUT2D eigenvalue weighted by Gasteiger charge is -2.62. The van der Waals surface area contributed by atoms with Crippen LogP contribution in [0.4, 0.5) is 0 Å². The van der Waals surface area contributed by atoms with E-state index in [-0.39, 0.29) is 5.75 Å². The predicted octanol–water partition coefficient (Wildman–Crippen LogP) is 1.90. The summed E-state index contributed by atoms with van der Waals surface area (Å²) in [5.41, 5.74) is 0.891. The number of methoxy groups -OCH3 is 4. The van der Waals surface area contributed by atoms with Gasteiger partial charge in [-0.25, -0.2) is 0 Å². The molecule has 154 valence electrons. The Balaban J connectivity index is 2.08. The second kappa shape index (κ2) is 6.35. The van der Waals surface area contributed by atoms with E-state index < -0.39 is 16.9 Å². The number of likely N-dealkylation sites (tertiary alicyclic amines) is 1. The molecule has 0 amide bonds. The molecule has 1 saturated heterocycles. The molecular formula is C21H29NO6. The number of allylic oxidation sites excluding steroid dienone is 1. The van der Waals surface area contributed by atoms with Gasteiger partial charge >= 0.3 is 0 Å². The van der Waals surface area contributed by atoms with Crippen molar-refractivity contribution in [1.82, 2.24) is 4.90 Å². The summed E-state index contributed by atoms with van der Waals surface area (Å²) in [6, 6.07) is 3.81. The van der Waals surface area contributed by atoms with Gasteiger partial charge in [-0.05, 0) is 43.5 Å². The summed E-state index contributed by atoms with van der Waals surface area (Å²) in [4.78, 5) is 1.85. The fraction of sp³-hybridized carbons (Fsp3) is 0.619. The molecule has 1 heterocycles. The third-order valence-corrected chi connectivity index (χ3v) is 7.08. The summed E-state index contributed by atoms with van der Waals surface area (Å²) >= 11 is 0. The number of phenols is 1. The molecule has 1 aromatic rings. The molecule has 0 unspecified atom stereocenters. The van der Waals surface area contributed by atoms with Gasteiger partial charge in [0.25, 0.3) is 5.79 Å². The third kappa shape index (κ3) is 2.08. The van der Waals surface area contributed by atoms with Crippen molar-refractivity contribution in [3.63, 3.8) is 0 Å². The van der Waals surface area contributed by atoms with Crippen molar-refractivity contribution in [1.29, 1.82) is 0 Å². The standard InChI is InChI=1S/C21H29NO6/c1-22-11-10-19-12-20(22,24)21(27-4,28-5)18(26-3)14(19)8-6-13-7-9-15(25-2)17(23)16(13)19/h7,9,23-24H,6,8,10-12H2,1-5H3/t19-,20+/m1/s1. The first kappa shape index (κ1) is 19.5. The lowest BCUT2D eigenvalue weighted by Crippen LogP contribution is -2.74. The molecule has 2 aliphatic carbocycles. The summed E-state index contributed by atoms with van der Waals surface area (Å²) in [6.07, 6.45) is 2.57. The van der Waals surface area contributed by atoms with E-state index in [1.165, 1.54) is 14.2 Å². The van der Waals surface area contributed by atoms with Gasteiger partial charge in [-0.2, -0.15) is 0 Å². The first-order valence-corrected chi connectivity index (χ1v) is 9.56. The first-order valence-electron chi connectivity index (χ1n) is 9.56. The van der Waals surface area contributed by atoms with Crippen molar-refractivity contribution in [2.45, 2.75) is 42.6 Å². The maximum Gasteiger partial charge on any atom is 0.271 e. The van der Waals surface area contributed by atoms with Crippen LogP contribution in [0.3, 0.4) is 0 Å². The van der Waals surface area contributed by atoms with Crippen LogP contribution in [0.25, 0.3) is 0 Å². The van der Waals surface area contributed by atoms with E-state index in [1.54, 1.807) is 20.3 Å². The molecule has 4 rings (SSSR count). The second-order valence-electron chi connectivity index (χ2n) is 7.93. The molecule has 2 atom stereocenters. The Morgan fingerprint density at radius 2 is 1.75 bits per heavy atom. The number of rotatable bonds is 4. The smallest absolute Gasteiger partial charge is 0.271 e. The van der Waals surface area contributed by atoms with Gasteiger partial charge in [0, 0.05) is 38.2 Å². The van der Waals surface area contributed by atoms with E-state index in [9.17, 15) is 10.2 Å². The van der Waals surface area contributed by atoms with Gasteiger partial charge in [-0.15, -0.1) is 0 Å². The zero-order valence-corrected chi connectivity index (χ0v) is 17.2. The topological polar surface area (TPSA) is 80.6 Å². The van der Waals surface area contributed by atoms with Gasteiger partial charge in [-0.3, -0.25) is 4.90 Å². The number of aryl methyl sites for hydroxylation is 1. The van der Waals surface area contributed by atoms with Crippen LogP contribution in [0.15, 0.2) is 23.5 Å². The highest BCUT2D eigenvalue weighted by atomic mass is 16.7. The molecule has 1 aromatic carbocycles. The summed E-state index contributed by atoms with van der Waals surface area (Å²) in [5.74, 6) is -0.374. The number of aliphatic hydroxyl groups is 1. The number of likely N-dealkylation sites (N-methyl/N-ethyl adjacent to an activating group) is 1. The first-order chi connectivity index (χ1) is 13.3. The van der Waals surface area contributed by atoms with Gasteiger partial charge in [0.1, 0.15) is 0 Å². The van der Waals surface area contributed by atoms with E-state index in [1.807, 2.05) is 18.0 Å². The van der Waals surface area contributed by atoms with Crippen LogP contribution in [0.5, 0.6) is 11.5 Å². The van der Waals surface area contributed by atoms with Crippen molar-refractivity contribution >= 4 is 0 Å². The van der Waals surface area contributed by atoms with Crippen molar-refractivity contribution in [3.05, 3.63) is 34.6 Å². The van der Waals surface area contributed by atoms with Crippen LogP contribution < -0.4 is 4.74 Å². The van der Waals surface area contributed by atoms with Gasteiger partial charge in [-0.1, -0.05) is 6.07 Å². The lowest BCUT2D eigenvalue weighted by atomic mass is 9.54. The van der Waals surface area contributed by atoms with Crippen LogP contribution in [-0.4, -0.2) is 68.7 Å². The van der Waals surface area contributed by atoms with Gasteiger partial charge in [0.15, 0.2) is 23.0 Å². The Bertz CT molecular complexity index is 832. The average molecular weight is 391 g/mol. The van der Waals surface area contributed by atoms with Gasteiger partial charge < -0.3 is 29.2 Å². The number of benzene rings is 1. The Morgan fingerprint density at radius 1 is 1.04 bits per heavy atom. The number of ether oxygens (including phenoxy) is 4. The Labute approximate surface area is 165 Å². The molecule has 0 radical (unpaired) electrons. The van der Waals surface area contributed by atoms with Crippen molar-refractivity contribution in [3.8, 4) is 11.5 Å². The molecule has 7 heteroatoms. The normalized spacial score (nSPS) is 31.2. The summed E-state index contributed by atoms with van der Waals surface area (Å²) in [5, 5.41) is 23.0. The molecule has 1 spiro atoms. The van der Waals surface area contributed by atoms with E-state index in [4.69, 9.17) is 18.9 Å². The van der Waals surface area contributed by atoms with Gasteiger partial charge in [0.2, 0.25) is 0 Å². The fourth-order valence-corrected chi connectivity index (χ4v) is 5.76. The summed E-state index contributed by atoms with van der Waals surface area (Å²) in [7, 11) is 8.02. The van der Waals surface area contributed by atoms with Crippen molar-refractivity contribution in [2.24, 2.45) is 0 Å². The van der Waals surface area contributed by atoms with Crippen LogP contribution in [0.2, 0.25) is 0 Å². The highest BCUT2D eigenvalue weighted by molar-refractivity contribution is 5.61. The SMILES string of the molecule is COC1=C2CCc3ccc(OC)c(O)c3[C@@]23CCN(C)[C@](O)(C3)C1(OC)OC. The minimum absolute atomic E-state index is 0.141. The minimum Gasteiger partial charge on any atom is -0.504 e. The maximum absolute atomic E-state index is 11.9. The highest BCUT2D eigenvalue weighted by Gasteiger charge is 2.69. The molecule has 1 fully saturated rings. The zero-order valence-electron chi connectivity index (χ0n) is 17.2. The molecule has 7 nitrogen and oxygen atoms in total. The van der Waals surface area contributed by atoms with E-state index in [2.05, 4.69) is 0 Å². The summed E-state index contributed by atoms with van der Waals surface area (Å²) < 4.78 is 22.9. The lowest BCUT2D eigenvalue weighted by molar-refractivity contribution is -0.354. The Hall–Kier alpha value is -1.80. The zero-order chi connectivity index (χ0) is 20.3. The van der Waals surface area contributed by atoms with E-state index in [0.717, 1.165) is 36.0 Å². The quantitative estimate of drug-likeness (QED) is 0.759. The monoisotopic (exact) mass is 391 g/mol. The number of nitrogens with zero attached hydrogens (tertiary/aromatic N) is 1. The van der Waals surface area contributed by atoms with Crippen molar-refractivity contribution in [2.75, 3.05) is 42.0 Å². The summed E-state index contributed by atoms with van der Waals surface area (Å²) in [6.45, 7) is 0.613. The average Bonchev–Trinajstić information content (AvgIpc) is 2.70. The largest absolute Gasteiger partial charge is 0.504 e. The van der Waals surface area contributed by atoms with Crippen LogP contribution in [0.1, 0.15) is 30.4 Å². The fourth-order valence-electron chi connectivity index (χ4n) is 5.76. The predicted molar refractivity (Wildman–Crippen MR) is 102 cm³/mol. The molecule has 3 aliphatic rings. The molecule has 2 bridgehead atoms. The van der Waals surface area contributed by atoms with Crippen LogP contribution in [0, 0.1) is 0 Å². The third-order valence-electron chi connectivity index (χ3n) is 7.08. The molecular weight excluding hydrogens is 362 g/mol. The highest BCUT2D eigenvalue weighted by Crippen LogP contribution is 2.63. The van der Waals surface area contributed by atoms with E-state index in [0.29, 0.717) is 24.5 Å². The molecule has 1 aliphatic heterocycles. The van der Waals surface area contributed by atoms with E-state index >= 15 is 0 Å². The number of piperidine rings is 1.